The zero-order valence-corrected chi connectivity index (χ0v) is 17.0. The number of fused-ring (bicyclic) bond motifs is 1. The second-order valence-electron chi connectivity index (χ2n) is 7.91. The molecule has 0 unspecified atom stereocenters. The highest BCUT2D eigenvalue weighted by Crippen LogP contribution is 2.35. The molecular weight excluding hydrogens is 417 g/mol. The van der Waals surface area contributed by atoms with Crippen LogP contribution in [0, 0.1) is 17.5 Å². The molecule has 1 saturated heterocycles. The molecule has 1 aliphatic heterocycles. The summed E-state index contributed by atoms with van der Waals surface area (Å²) < 4.78 is 46.5. The summed E-state index contributed by atoms with van der Waals surface area (Å²) >= 11 is 0. The maximum Gasteiger partial charge on any atom is 0.227 e. The molecule has 5 rings (SSSR count). The van der Waals surface area contributed by atoms with Crippen molar-refractivity contribution in [1.29, 1.82) is 0 Å². The van der Waals surface area contributed by atoms with Crippen LogP contribution in [-0.4, -0.2) is 22.3 Å². The third-order valence-electron chi connectivity index (χ3n) is 5.77. The number of halogens is 3. The van der Waals surface area contributed by atoms with Crippen LogP contribution in [0.2, 0.25) is 0 Å². The summed E-state index contributed by atoms with van der Waals surface area (Å²) in [5, 5.41) is 0. The summed E-state index contributed by atoms with van der Waals surface area (Å²) in [6.07, 6.45) is 1.72. The Morgan fingerprint density at radius 2 is 1.78 bits per heavy atom. The van der Waals surface area contributed by atoms with Gasteiger partial charge in [-0.2, -0.15) is 0 Å². The molecule has 0 aliphatic carbocycles. The lowest BCUT2D eigenvalue weighted by molar-refractivity contribution is -0.131. The molecule has 1 amide bonds. The number of hydrogen-bond acceptors (Lipinski definition) is 3. The number of carbonyl (C=O) groups is 1. The van der Waals surface area contributed by atoms with Crippen molar-refractivity contribution in [2.24, 2.45) is 0 Å². The number of aromatic nitrogens is 1. The molecule has 1 fully saturated rings. The Balaban J connectivity index is 1.40. The third-order valence-corrected chi connectivity index (χ3v) is 5.77. The maximum absolute atomic E-state index is 14.2. The van der Waals surface area contributed by atoms with E-state index in [2.05, 4.69) is 4.98 Å². The van der Waals surface area contributed by atoms with Gasteiger partial charge in [-0.3, -0.25) is 4.79 Å². The lowest BCUT2D eigenvalue weighted by atomic mass is 10.0. The van der Waals surface area contributed by atoms with Crippen LogP contribution in [0.4, 0.5) is 13.2 Å². The second-order valence-corrected chi connectivity index (χ2v) is 7.91. The van der Waals surface area contributed by atoms with Gasteiger partial charge in [-0.1, -0.05) is 18.2 Å². The summed E-state index contributed by atoms with van der Waals surface area (Å²) in [7, 11) is 0. The zero-order valence-electron chi connectivity index (χ0n) is 17.0. The van der Waals surface area contributed by atoms with Gasteiger partial charge in [0.2, 0.25) is 11.8 Å². The fourth-order valence-corrected chi connectivity index (χ4v) is 4.18. The molecule has 2 heterocycles. The Bertz CT molecular complexity index is 1300. The molecule has 0 radical (unpaired) electrons. The van der Waals surface area contributed by atoms with E-state index in [4.69, 9.17) is 4.42 Å². The van der Waals surface area contributed by atoms with Crippen molar-refractivity contribution < 1.29 is 22.4 Å². The Morgan fingerprint density at radius 3 is 2.56 bits per heavy atom. The Kier molecular flexibility index (Phi) is 5.17. The van der Waals surface area contributed by atoms with Gasteiger partial charge in [0.05, 0.1) is 6.42 Å². The van der Waals surface area contributed by atoms with E-state index in [0.717, 1.165) is 24.5 Å². The van der Waals surface area contributed by atoms with Gasteiger partial charge in [0.1, 0.15) is 29.0 Å². The molecule has 7 heteroatoms. The Labute approximate surface area is 182 Å². The van der Waals surface area contributed by atoms with E-state index in [1.807, 2.05) is 0 Å². The summed E-state index contributed by atoms with van der Waals surface area (Å²) in [6.45, 7) is 0.593. The average molecular weight is 436 g/mol. The predicted octanol–water partition coefficient (Wildman–Crippen LogP) is 5.82. The largest absolute Gasteiger partial charge is 0.438 e. The predicted molar refractivity (Wildman–Crippen MR) is 113 cm³/mol. The van der Waals surface area contributed by atoms with Gasteiger partial charge < -0.3 is 9.32 Å². The van der Waals surface area contributed by atoms with Crippen LogP contribution in [0.25, 0.3) is 22.2 Å². The molecule has 0 N–H and O–H groups in total. The van der Waals surface area contributed by atoms with Crippen molar-refractivity contribution in [3.63, 3.8) is 0 Å². The lowest BCUT2D eigenvalue weighted by Crippen LogP contribution is -2.32. The Morgan fingerprint density at radius 1 is 1.00 bits per heavy atom. The van der Waals surface area contributed by atoms with Crippen LogP contribution < -0.4 is 0 Å². The second kappa shape index (κ2) is 8.15. The van der Waals surface area contributed by atoms with Crippen molar-refractivity contribution in [2.45, 2.75) is 25.3 Å². The van der Waals surface area contributed by atoms with Gasteiger partial charge in [-0.25, -0.2) is 18.2 Å². The molecule has 162 valence electrons. The highest BCUT2D eigenvalue weighted by molar-refractivity contribution is 5.81. The molecule has 4 aromatic rings. The summed E-state index contributed by atoms with van der Waals surface area (Å²) in [6, 6.07) is 14.1. The van der Waals surface area contributed by atoms with Crippen LogP contribution in [0.3, 0.4) is 0 Å². The molecule has 1 aromatic heterocycles. The fourth-order valence-electron chi connectivity index (χ4n) is 4.18. The maximum atomic E-state index is 14.2. The van der Waals surface area contributed by atoms with Crippen molar-refractivity contribution in [3.05, 3.63) is 89.6 Å². The standard InChI is InChI=1S/C25H19F3N2O2/c26-17-6-3-15(4-7-17)12-24(31)30-11-1-2-22(30)25-29-21-13-16(5-10-23(21)32-25)19-9-8-18(27)14-20(19)28/h3-10,13-14,22H,1-2,11-12H2/t22-/m1/s1. The summed E-state index contributed by atoms with van der Waals surface area (Å²) in [5.74, 6) is -1.27. The number of amides is 1. The van der Waals surface area contributed by atoms with Gasteiger partial charge in [0.25, 0.3) is 0 Å². The quantitative estimate of drug-likeness (QED) is 0.405. The fraction of sp³-hybridized carbons (Fsp3) is 0.200. The monoisotopic (exact) mass is 436 g/mol. The minimum Gasteiger partial charge on any atom is -0.438 e. The summed E-state index contributed by atoms with van der Waals surface area (Å²) in [5.41, 5.74) is 2.65. The van der Waals surface area contributed by atoms with Crippen LogP contribution in [0.5, 0.6) is 0 Å². The van der Waals surface area contributed by atoms with E-state index < -0.39 is 11.6 Å². The number of nitrogens with zero attached hydrogens (tertiary/aromatic N) is 2. The molecule has 0 saturated carbocycles. The lowest BCUT2D eigenvalue weighted by Gasteiger charge is -2.22. The van der Waals surface area contributed by atoms with E-state index in [1.54, 1.807) is 35.2 Å². The SMILES string of the molecule is O=C(Cc1ccc(F)cc1)N1CCC[C@@H]1c1nc2cc(-c3ccc(F)cc3F)ccc2o1. The molecule has 1 atom stereocenters. The average Bonchev–Trinajstić information content (AvgIpc) is 3.41. The minimum absolute atomic E-state index is 0.0737. The number of likely N-dealkylation sites (tertiary alicyclic amines) is 1. The molecule has 0 spiro atoms. The number of oxazole rings is 1. The first-order chi connectivity index (χ1) is 15.5. The van der Waals surface area contributed by atoms with Crippen LogP contribution in [0.15, 0.2) is 65.1 Å². The number of rotatable bonds is 4. The van der Waals surface area contributed by atoms with Crippen molar-refractivity contribution in [1.82, 2.24) is 9.88 Å². The van der Waals surface area contributed by atoms with Crippen molar-refractivity contribution >= 4 is 17.0 Å². The van der Waals surface area contributed by atoms with Gasteiger partial charge in [-0.15, -0.1) is 0 Å². The molecule has 0 bridgehead atoms. The van der Waals surface area contributed by atoms with Crippen LogP contribution >= 0.6 is 0 Å². The Hall–Kier alpha value is -3.61. The number of carbonyl (C=O) groups excluding carboxylic acids is 1. The smallest absolute Gasteiger partial charge is 0.227 e. The van der Waals surface area contributed by atoms with Crippen LogP contribution in [-0.2, 0) is 11.2 Å². The van der Waals surface area contributed by atoms with E-state index in [0.29, 0.717) is 29.1 Å². The first-order valence-electron chi connectivity index (χ1n) is 10.4. The molecule has 3 aromatic carbocycles. The molecule has 32 heavy (non-hydrogen) atoms. The highest BCUT2D eigenvalue weighted by Gasteiger charge is 2.33. The van der Waals surface area contributed by atoms with Gasteiger partial charge in [0.15, 0.2) is 5.58 Å². The van der Waals surface area contributed by atoms with E-state index in [1.165, 1.54) is 24.3 Å². The van der Waals surface area contributed by atoms with Gasteiger partial charge in [0, 0.05) is 18.2 Å². The highest BCUT2D eigenvalue weighted by atomic mass is 19.1. The van der Waals surface area contributed by atoms with Gasteiger partial charge >= 0.3 is 0 Å². The first kappa shape index (κ1) is 20.3. The minimum atomic E-state index is -0.651. The first-order valence-corrected chi connectivity index (χ1v) is 10.4. The van der Waals surface area contributed by atoms with Crippen molar-refractivity contribution in [3.8, 4) is 11.1 Å². The topological polar surface area (TPSA) is 46.3 Å². The van der Waals surface area contributed by atoms with E-state index in [9.17, 15) is 18.0 Å². The molecule has 1 aliphatic rings. The molecular formula is C25H19F3N2O2. The third kappa shape index (κ3) is 3.86. The molecule has 4 nitrogen and oxygen atoms in total. The zero-order chi connectivity index (χ0) is 22.2. The van der Waals surface area contributed by atoms with E-state index >= 15 is 0 Å². The number of hydrogen-bond donors (Lipinski definition) is 0. The van der Waals surface area contributed by atoms with Crippen molar-refractivity contribution in [2.75, 3.05) is 6.54 Å². The normalized spacial score (nSPS) is 16.1. The number of benzene rings is 3. The summed E-state index contributed by atoms with van der Waals surface area (Å²) in [4.78, 5) is 19.2. The van der Waals surface area contributed by atoms with Gasteiger partial charge in [-0.05, 0) is 60.4 Å². The van der Waals surface area contributed by atoms with E-state index in [-0.39, 0.29) is 29.8 Å². The van der Waals surface area contributed by atoms with Crippen LogP contribution in [0.1, 0.15) is 30.3 Å².